The number of rotatable bonds is 8. The molecule has 1 aliphatic rings. The summed E-state index contributed by atoms with van der Waals surface area (Å²) in [5.74, 6) is -0.140. The van der Waals surface area contributed by atoms with Crippen molar-refractivity contribution in [1.29, 1.82) is 0 Å². The molecule has 0 unspecified atom stereocenters. The molecule has 1 aliphatic heterocycles. The summed E-state index contributed by atoms with van der Waals surface area (Å²) in [6, 6.07) is 4.82. The van der Waals surface area contributed by atoms with E-state index in [9.17, 15) is 9.18 Å². The van der Waals surface area contributed by atoms with E-state index in [0.29, 0.717) is 19.4 Å². The van der Waals surface area contributed by atoms with Crippen molar-refractivity contribution in [3.63, 3.8) is 0 Å². The molecule has 0 saturated carbocycles. The summed E-state index contributed by atoms with van der Waals surface area (Å²) in [5.41, 5.74) is 0.806. The van der Waals surface area contributed by atoms with Gasteiger partial charge in [-0.15, -0.1) is 0 Å². The highest BCUT2D eigenvalue weighted by molar-refractivity contribution is 5.76. The number of halogens is 1. The first-order valence-corrected chi connectivity index (χ1v) is 8.58. The van der Waals surface area contributed by atoms with Crippen LogP contribution in [0.5, 0.6) is 5.75 Å². The average molecular weight is 337 g/mol. The molecule has 1 aromatic rings. The molecule has 1 amide bonds. The number of amides is 1. The molecule has 0 bridgehead atoms. The lowest BCUT2D eigenvalue weighted by molar-refractivity contribution is -0.121. The molecule has 0 radical (unpaired) electrons. The van der Waals surface area contributed by atoms with Gasteiger partial charge in [-0.25, -0.2) is 4.39 Å². The lowest BCUT2D eigenvalue weighted by Gasteiger charge is -2.32. The Morgan fingerprint density at radius 1 is 1.29 bits per heavy atom. The predicted octanol–water partition coefficient (Wildman–Crippen LogP) is 1.52. The maximum Gasteiger partial charge on any atom is 0.220 e. The van der Waals surface area contributed by atoms with Crippen molar-refractivity contribution in [1.82, 2.24) is 15.1 Å². The monoisotopic (exact) mass is 337 g/mol. The van der Waals surface area contributed by atoms with Gasteiger partial charge in [0.15, 0.2) is 11.6 Å². The van der Waals surface area contributed by atoms with E-state index < -0.39 is 0 Å². The Labute approximate surface area is 143 Å². The lowest BCUT2D eigenvalue weighted by atomic mass is 10.1. The summed E-state index contributed by atoms with van der Waals surface area (Å²) in [6.07, 6.45) is 1.87. The molecule has 0 atom stereocenters. The number of ether oxygens (including phenoxy) is 1. The molecule has 0 aliphatic carbocycles. The molecule has 0 spiro atoms. The minimum atomic E-state index is -0.386. The molecule has 1 N–H and O–H groups in total. The third-order valence-electron chi connectivity index (χ3n) is 4.43. The number of nitrogens with zero attached hydrogens (tertiary/aromatic N) is 2. The van der Waals surface area contributed by atoms with Crippen LogP contribution in [0.15, 0.2) is 18.2 Å². The first kappa shape index (κ1) is 18.7. The summed E-state index contributed by atoms with van der Waals surface area (Å²) in [7, 11) is 3.58. The van der Waals surface area contributed by atoms with E-state index >= 15 is 0 Å². The van der Waals surface area contributed by atoms with Crippen molar-refractivity contribution in [2.45, 2.75) is 19.3 Å². The summed E-state index contributed by atoms with van der Waals surface area (Å²) in [6.45, 7) is 6.16. The van der Waals surface area contributed by atoms with E-state index in [1.807, 2.05) is 0 Å². The first-order chi connectivity index (χ1) is 11.6. The standard InChI is InChI=1S/C18H28FN3O2/c1-21-10-12-22(13-11-21)9-3-8-20-18(23)7-5-15-4-6-17(24-2)16(19)14-15/h4,6,14H,3,5,7-13H2,1-2H3,(H,20,23). The third kappa shape index (κ3) is 6.09. The van der Waals surface area contributed by atoms with Gasteiger partial charge in [-0.3, -0.25) is 4.79 Å². The summed E-state index contributed by atoms with van der Waals surface area (Å²) >= 11 is 0. The zero-order valence-corrected chi connectivity index (χ0v) is 14.7. The fourth-order valence-electron chi connectivity index (χ4n) is 2.81. The van der Waals surface area contributed by atoms with Crippen molar-refractivity contribution < 1.29 is 13.9 Å². The molecule has 24 heavy (non-hydrogen) atoms. The van der Waals surface area contributed by atoms with Gasteiger partial charge in [-0.1, -0.05) is 6.07 Å². The minimum absolute atomic E-state index is 0.0182. The zero-order chi connectivity index (χ0) is 17.4. The van der Waals surface area contributed by atoms with Crippen LogP contribution in [-0.2, 0) is 11.2 Å². The summed E-state index contributed by atoms with van der Waals surface area (Å²) in [4.78, 5) is 16.6. The highest BCUT2D eigenvalue weighted by Gasteiger charge is 2.13. The van der Waals surface area contributed by atoms with Crippen molar-refractivity contribution in [2.75, 3.05) is 53.4 Å². The summed E-state index contributed by atoms with van der Waals surface area (Å²) in [5, 5.41) is 2.94. The number of likely N-dealkylation sites (N-methyl/N-ethyl adjacent to an activating group) is 1. The van der Waals surface area contributed by atoms with Crippen molar-refractivity contribution in [3.8, 4) is 5.75 Å². The van der Waals surface area contributed by atoms with E-state index in [1.54, 1.807) is 12.1 Å². The molecule has 2 rings (SSSR count). The van der Waals surface area contributed by atoms with Gasteiger partial charge in [0, 0.05) is 39.1 Å². The van der Waals surface area contributed by atoms with Gasteiger partial charge < -0.3 is 19.9 Å². The third-order valence-corrected chi connectivity index (χ3v) is 4.43. The Morgan fingerprint density at radius 3 is 2.71 bits per heavy atom. The maximum atomic E-state index is 13.6. The van der Waals surface area contributed by atoms with E-state index in [4.69, 9.17) is 4.74 Å². The number of piperazine rings is 1. The van der Waals surface area contributed by atoms with Crippen LogP contribution in [0, 0.1) is 5.82 Å². The topological polar surface area (TPSA) is 44.8 Å². The van der Waals surface area contributed by atoms with Gasteiger partial charge >= 0.3 is 0 Å². The Morgan fingerprint density at radius 2 is 2.04 bits per heavy atom. The normalized spacial score (nSPS) is 16.1. The van der Waals surface area contributed by atoms with Crippen LogP contribution in [-0.4, -0.2) is 69.1 Å². The fraction of sp³-hybridized carbons (Fsp3) is 0.611. The van der Waals surface area contributed by atoms with Crippen molar-refractivity contribution >= 4 is 5.91 Å². The molecule has 1 aromatic carbocycles. The highest BCUT2D eigenvalue weighted by atomic mass is 19.1. The number of methoxy groups -OCH3 is 1. The molecule has 1 saturated heterocycles. The van der Waals surface area contributed by atoms with Gasteiger partial charge in [-0.05, 0) is 44.1 Å². The van der Waals surface area contributed by atoms with Crippen molar-refractivity contribution in [3.05, 3.63) is 29.6 Å². The predicted molar refractivity (Wildman–Crippen MR) is 92.8 cm³/mol. The fourth-order valence-corrected chi connectivity index (χ4v) is 2.81. The van der Waals surface area contributed by atoms with E-state index in [2.05, 4.69) is 22.2 Å². The first-order valence-electron chi connectivity index (χ1n) is 8.58. The smallest absolute Gasteiger partial charge is 0.220 e. The van der Waals surface area contributed by atoms with Gasteiger partial charge in [0.2, 0.25) is 5.91 Å². The SMILES string of the molecule is COc1ccc(CCC(=O)NCCCN2CCN(C)CC2)cc1F. The molecule has 1 fully saturated rings. The Balaban J connectivity index is 1.59. The molecule has 6 heteroatoms. The van der Waals surface area contributed by atoms with E-state index in [-0.39, 0.29) is 17.5 Å². The van der Waals surface area contributed by atoms with Gasteiger partial charge in [0.25, 0.3) is 0 Å². The Kier molecular flexibility index (Phi) is 7.46. The Hall–Kier alpha value is -1.66. The largest absolute Gasteiger partial charge is 0.494 e. The minimum Gasteiger partial charge on any atom is -0.494 e. The second-order valence-corrected chi connectivity index (χ2v) is 6.32. The number of aryl methyl sites for hydroxylation is 1. The maximum absolute atomic E-state index is 13.6. The number of carbonyl (C=O) groups excluding carboxylic acids is 1. The molecular formula is C18H28FN3O2. The number of hydrogen-bond acceptors (Lipinski definition) is 4. The van der Waals surface area contributed by atoms with Crippen LogP contribution in [0.3, 0.4) is 0 Å². The summed E-state index contributed by atoms with van der Waals surface area (Å²) < 4.78 is 18.5. The van der Waals surface area contributed by atoms with Crippen LogP contribution < -0.4 is 10.1 Å². The van der Waals surface area contributed by atoms with Crippen LogP contribution in [0.2, 0.25) is 0 Å². The second kappa shape index (κ2) is 9.59. The Bertz CT molecular complexity index is 531. The van der Waals surface area contributed by atoms with Gasteiger partial charge in [-0.2, -0.15) is 0 Å². The molecule has 134 valence electrons. The van der Waals surface area contributed by atoms with E-state index in [1.165, 1.54) is 13.2 Å². The van der Waals surface area contributed by atoms with E-state index in [0.717, 1.165) is 44.7 Å². The number of carbonyl (C=O) groups is 1. The number of benzene rings is 1. The quantitative estimate of drug-likeness (QED) is 0.731. The lowest BCUT2D eigenvalue weighted by Crippen LogP contribution is -2.45. The molecular weight excluding hydrogens is 309 g/mol. The van der Waals surface area contributed by atoms with Gasteiger partial charge in [0.1, 0.15) is 0 Å². The van der Waals surface area contributed by atoms with Crippen LogP contribution in [0.1, 0.15) is 18.4 Å². The average Bonchev–Trinajstić information content (AvgIpc) is 2.58. The highest BCUT2D eigenvalue weighted by Crippen LogP contribution is 2.18. The second-order valence-electron chi connectivity index (χ2n) is 6.32. The zero-order valence-electron chi connectivity index (χ0n) is 14.7. The number of hydrogen-bond donors (Lipinski definition) is 1. The van der Waals surface area contributed by atoms with Crippen LogP contribution >= 0.6 is 0 Å². The molecule has 5 nitrogen and oxygen atoms in total. The van der Waals surface area contributed by atoms with Gasteiger partial charge in [0.05, 0.1) is 7.11 Å². The van der Waals surface area contributed by atoms with Crippen LogP contribution in [0.25, 0.3) is 0 Å². The molecule has 1 heterocycles. The van der Waals surface area contributed by atoms with Crippen molar-refractivity contribution in [2.24, 2.45) is 0 Å². The molecule has 0 aromatic heterocycles. The van der Waals surface area contributed by atoms with Crippen LogP contribution in [0.4, 0.5) is 4.39 Å². The number of nitrogens with one attached hydrogen (secondary N) is 1.